The first-order valence-corrected chi connectivity index (χ1v) is 6.39. The highest BCUT2D eigenvalue weighted by Gasteiger charge is 2.14. The highest BCUT2D eigenvalue weighted by Crippen LogP contribution is 2.26. The molecule has 0 spiro atoms. The van der Waals surface area contributed by atoms with Crippen LogP contribution in [0, 0.1) is 0 Å². The minimum Gasteiger partial charge on any atom is -0.371 e. The largest absolute Gasteiger partial charge is 0.371 e. The van der Waals surface area contributed by atoms with E-state index in [0.29, 0.717) is 0 Å². The summed E-state index contributed by atoms with van der Waals surface area (Å²) < 4.78 is 0. The molecule has 88 valence electrons. The molecule has 0 unspecified atom stereocenters. The Hall–Kier alpha value is -1.02. The Labute approximate surface area is 98.7 Å². The van der Waals surface area contributed by atoms with E-state index < -0.39 is 0 Å². The molecule has 0 fully saturated rings. The number of nitrogens with zero attached hydrogens (tertiary/aromatic N) is 1. The van der Waals surface area contributed by atoms with Gasteiger partial charge in [-0.25, -0.2) is 0 Å². The maximum absolute atomic E-state index is 3.21. The van der Waals surface area contributed by atoms with Gasteiger partial charge in [0.05, 0.1) is 0 Å². The van der Waals surface area contributed by atoms with Crippen LogP contribution in [0.1, 0.15) is 24.8 Å². The molecule has 1 aliphatic rings. The van der Waals surface area contributed by atoms with Gasteiger partial charge in [-0.3, -0.25) is 0 Å². The van der Waals surface area contributed by atoms with Gasteiger partial charge in [0.1, 0.15) is 0 Å². The molecule has 0 bridgehead atoms. The summed E-state index contributed by atoms with van der Waals surface area (Å²) >= 11 is 0. The van der Waals surface area contributed by atoms with Gasteiger partial charge in [0.2, 0.25) is 0 Å². The molecule has 0 saturated carbocycles. The van der Waals surface area contributed by atoms with E-state index >= 15 is 0 Å². The molecule has 1 aliphatic heterocycles. The molecule has 2 rings (SSSR count). The Morgan fingerprint density at radius 2 is 2.12 bits per heavy atom. The number of para-hydroxylation sites is 1. The van der Waals surface area contributed by atoms with Crippen molar-refractivity contribution in [3.8, 4) is 0 Å². The molecular weight excluding hydrogens is 196 g/mol. The van der Waals surface area contributed by atoms with Gasteiger partial charge in [0.25, 0.3) is 0 Å². The Morgan fingerprint density at radius 3 is 3.00 bits per heavy atom. The number of fused-ring (bicyclic) bond motifs is 1. The maximum Gasteiger partial charge on any atom is 0.0398 e. The highest BCUT2D eigenvalue weighted by molar-refractivity contribution is 5.55. The third kappa shape index (κ3) is 2.76. The summed E-state index contributed by atoms with van der Waals surface area (Å²) in [5.41, 5.74) is 3.00. The fraction of sp³-hybridized carbons (Fsp3) is 0.571. The second-order valence-electron chi connectivity index (χ2n) is 4.53. The lowest BCUT2D eigenvalue weighted by Gasteiger charge is -2.31. The summed E-state index contributed by atoms with van der Waals surface area (Å²) in [6.45, 7) is 3.57. The summed E-state index contributed by atoms with van der Waals surface area (Å²) in [6.07, 6.45) is 5.12. The van der Waals surface area contributed by atoms with Crippen LogP contribution < -0.4 is 10.2 Å². The third-order valence-corrected chi connectivity index (χ3v) is 3.31. The first kappa shape index (κ1) is 11.5. The molecule has 1 aromatic carbocycles. The molecule has 1 heterocycles. The number of anilines is 1. The first-order chi connectivity index (χ1) is 7.92. The average Bonchev–Trinajstić information content (AvgIpc) is 2.35. The summed E-state index contributed by atoms with van der Waals surface area (Å²) in [5, 5.41) is 3.21. The van der Waals surface area contributed by atoms with Gasteiger partial charge in [0.15, 0.2) is 0 Å². The molecule has 0 aliphatic carbocycles. The molecule has 0 radical (unpaired) electrons. The van der Waals surface area contributed by atoms with Crippen LogP contribution in [0.5, 0.6) is 0 Å². The van der Waals surface area contributed by atoms with E-state index in [1.165, 1.54) is 50.0 Å². The Morgan fingerprint density at radius 1 is 1.25 bits per heavy atom. The Bertz CT molecular complexity index is 322. The molecular formula is C14H22N2. The molecule has 16 heavy (non-hydrogen) atoms. The zero-order valence-corrected chi connectivity index (χ0v) is 10.2. The molecule has 1 N–H and O–H groups in total. The van der Waals surface area contributed by atoms with Crippen molar-refractivity contribution >= 4 is 5.69 Å². The molecule has 2 nitrogen and oxygen atoms in total. The van der Waals surface area contributed by atoms with Crippen molar-refractivity contribution in [3.05, 3.63) is 29.8 Å². The fourth-order valence-corrected chi connectivity index (χ4v) is 2.45. The van der Waals surface area contributed by atoms with E-state index in [0.717, 1.165) is 6.54 Å². The number of unbranched alkanes of at least 4 members (excludes halogenated alkanes) is 1. The predicted molar refractivity (Wildman–Crippen MR) is 70.1 cm³/mol. The maximum atomic E-state index is 3.21. The van der Waals surface area contributed by atoms with Crippen molar-refractivity contribution in [2.45, 2.75) is 25.7 Å². The quantitative estimate of drug-likeness (QED) is 0.764. The van der Waals surface area contributed by atoms with Crippen LogP contribution in [0.15, 0.2) is 24.3 Å². The van der Waals surface area contributed by atoms with Crippen LogP contribution in [0.25, 0.3) is 0 Å². The monoisotopic (exact) mass is 218 g/mol. The zero-order chi connectivity index (χ0) is 11.2. The standard InChI is InChI=1S/C14H22N2/c1-15-10-4-5-11-16-12-6-8-13-7-2-3-9-14(13)16/h2-3,7,9,15H,4-6,8,10-12H2,1H3. The minimum absolute atomic E-state index is 1.13. The van der Waals surface area contributed by atoms with Gasteiger partial charge in [-0.15, -0.1) is 0 Å². The van der Waals surface area contributed by atoms with E-state index in [-0.39, 0.29) is 0 Å². The average molecular weight is 218 g/mol. The highest BCUT2D eigenvalue weighted by atomic mass is 15.1. The van der Waals surface area contributed by atoms with E-state index in [2.05, 4.69) is 34.5 Å². The van der Waals surface area contributed by atoms with E-state index in [4.69, 9.17) is 0 Å². The Kier molecular flexibility index (Phi) is 4.23. The third-order valence-electron chi connectivity index (χ3n) is 3.31. The van der Waals surface area contributed by atoms with Gasteiger partial charge >= 0.3 is 0 Å². The molecule has 0 saturated heterocycles. The van der Waals surface area contributed by atoms with Crippen molar-refractivity contribution in [2.24, 2.45) is 0 Å². The molecule has 0 amide bonds. The molecule has 1 aromatic rings. The van der Waals surface area contributed by atoms with Crippen molar-refractivity contribution in [1.82, 2.24) is 5.32 Å². The first-order valence-electron chi connectivity index (χ1n) is 6.39. The van der Waals surface area contributed by atoms with Crippen LogP contribution >= 0.6 is 0 Å². The van der Waals surface area contributed by atoms with E-state index in [9.17, 15) is 0 Å². The summed E-state index contributed by atoms with van der Waals surface area (Å²) in [4.78, 5) is 2.55. The molecule has 2 heteroatoms. The van der Waals surface area contributed by atoms with Crippen molar-refractivity contribution in [1.29, 1.82) is 0 Å². The number of hydrogen-bond acceptors (Lipinski definition) is 2. The second-order valence-corrected chi connectivity index (χ2v) is 4.53. The number of aryl methyl sites for hydroxylation is 1. The van der Waals surface area contributed by atoms with Crippen LogP contribution in [0.2, 0.25) is 0 Å². The number of benzene rings is 1. The second kappa shape index (κ2) is 5.90. The molecule has 0 aromatic heterocycles. The van der Waals surface area contributed by atoms with Crippen LogP contribution in [-0.4, -0.2) is 26.7 Å². The topological polar surface area (TPSA) is 15.3 Å². The van der Waals surface area contributed by atoms with Gasteiger partial charge < -0.3 is 10.2 Å². The lowest BCUT2D eigenvalue weighted by atomic mass is 10.0. The summed E-state index contributed by atoms with van der Waals surface area (Å²) in [7, 11) is 2.02. The van der Waals surface area contributed by atoms with Crippen molar-refractivity contribution in [2.75, 3.05) is 31.6 Å². The minimum atomic E-state index is 1.13. The summed E-state index contributed by atoms with van der Waals surface area (Å²) in [5.74, 6) is 0. The van der Waals surface area contributed by atoms with Crippen LogP contribution in [-0.2, 0) is 6.42 Å². The van der Waals surface area contributed by atoms with Gasteiger partial charge in [-0.2, -0.15) is 0 Å². The van der Waals surface area contributed by atoms with Crippen molar-refractivity contribution < 1.29 is 0 Å². The number of hydrogen-bond donors (Lipinski definition) is 1. The molecule has 0 atom stereocenters. The van der Waals surface area contributed by atoms with Crippen LogP contribution in [0.4, 0.5) is 5.69 Å². The lowest BCUT2D eigenvalue weighted by Crippen LogP contribution is -2.30. The van der Waals surface area contributed by atoms with Crippen molar-refractivity contribution in [3.63, 3.8) is 0 Å². The number of rotatable bonds is 5. The van der Waals surface area contributed by atoms with Gasteiger partial charge in [0, 0.05) is 18.8 Å². The predicted octanol–water partition coefficient (Wildman–Crippen LogP) is 2.44. The smallest absolute Gasteiger partial charge is 0.0398 e. The number of nitrogens with one attached hydrogen (secondary N) is 1. The zero-order valence-electron chi connectivity index (χ0n) is 10.2. The SMILES string of the molecule is CNCCCCN1CCCc2ccccc21. The van der Waals surface area contributed by atoms with Gasteiger partial charge in [-0.1, -0.05) is 18.2 Å². The Balaban J connectivity index is 1.91. The lowest BCUT2D eigenvalue weighted by molar-refractivity contribution is 0.626. The van der Waals surface area contributed by atoms with Gasteiger partial charge in [-0.05, 0) is 50.9 Å². The van der Waals surface area contributed by atoms with E-state index in [1.807, 2.05) is 7.05 Å². The summed E-state index contributed by atoms with van der Waals surface area (Å²) in [6, 6.07) is 8.86. The van der Waals surface area contributed by atoms with Crippen LogP contribution in [0.3, 0.4) is 0 Å². The fourth-order valence-electron chi connectivity index (χ4n) is 2.45. The normalized spacial score (nSPS) is 14.9. The van der Waals surface area contributed by atoms with E-state index in [1.54, 1.807) is 0 Å².